The van der Waals surface area contributed by atoms with E-state index >= 15 is 0 Å². The minimum Gasteiger partial charge on any atom is -0.0656 e. The lowest BCUT2D eigenvalue weighted by Crippen LogP contribution is -2.61. The second-order valence-electron chi connectivity index (χ2n) is 8.73. The van der Waals surface area contributed by atoms with Gasteiger partial charge in [0.05, 0.1) is 8.07 Å². The highest BCUT2D eigenvalue weighted by Gasteiger charge is 2.50. The molecule has 0 aliphatic carbocycles. The lowest BCUT2D eigenvalue weighted by atomic mass is 10.1. The standard InChI is InChI=1S/C21H30Si2/c1-15(2)23(16(3)4)20-11-9-8-10-18(20)19-13-12-17(14-21(19)23)22(5,6)7/h8-16H,1-7H3. The van der Waals surface area contributed by atoms with Gasteiger partial charge in [-0.05, 0) is 32.6 Å². The minimum atomic E-state index is -1.72. The Morgan fingerprint density at radius 3 is 1.87 bits per heavy atom. The maximum absolute atomic E-state index is 2.62. The summed E-state index contributed by atoms with van der Waals surface area (Å²) in [5, 5.41) is 5.00. The molecular weight excluding hydrogens is 308 g/mol. The molecule has 0 radical (unpaired) electrons. The monoisotopic (exact) mass is 338 g/mol. The van der Waals surface area contributed by atoms with E-state index in [1.165, 1.54) is 11.1 Å². The molecule has 2 heteroatoms. The molecule has 0 fully saturated rings. The van der Waals surface area contributed by atoms with E-state index < -0.39 is 16.1 Å². The Hall–Kier alpha value is -1.13. The first-order chi connectivity index (χ1) is 10.7. The normalized spacial score (nSPS) is 15.9. The van der Waals surface area contributed by atoms with Crippen LogP contribution in [0.4, 0.5) is 0 Å². The zero-order valence-corrected chi connectivity index (χ0v) is 17.7. The van der Waals surface area contributed by atoms with E-state index in [1.54, 1.807) is 15.6 Å². The van der Waals surface area contributed by atoms with E-state index in [-0.39, 0.29) is 0 Å². The van der Waals surface area contributed by atoms with Crippen molar-refractivity contribution in [3.63, 3.8) is 0 Å². The minimum absolute atomic E-state index is 0.724. The summed E-state index contributed by atoms with van der Waals surface area (Å²) in [6.45, 7) is 17.2. The molecule has 2 aromatic carbocycles. The van der Waals surface area contributed by atoms with Crippen molar-refractivity contribution < 1.29 is 0 Å². The smallest absolute Gasteiger partial charge is 0.0656 e. The summed E-state index contributed by atoms with van der Waals surface area (Å²) in [5.74, 6) is 0. The molecule has 0 bridgehead atoms. The van der Waals surface area contributed by atoms with Gasteiger partial charge in [0.2, 0.25) is 0 Å². The highest BCUT2D eigenvalue weighted by molar-refractivity contribution is 7.07. The Bertz CT molecular complexity index is 728. The van der Waals surface area contributed by atoms with Crippen LogP contribution in [0.25, 0.3) is 11.1 Å². The van der Waals surface area contributed by atoms with Crippen LogP contribution in [0, 0.1) is 0 Å². The molecule has 122 valence electrons. The molecule has 1 aliphatic rings. The summed E-state index contributed by atoms with van der Waals surface area (Å²) in [6.07, 6.45) is 0. The molecule has 2 aromatic rings. The second-order valence-corrected chi connectivity index (χ2v) is 18.9. The van der Waals surface area contributed by atoms with Gasteiger partial charge in [-0.25, -0.2) is 0 Å². The number of fused-ring (bicyclic) bond motifs is 3. The molecule has 0 N–H and O–H groups in total. The predicted molar refractivity (Wildman–Crippen MR) is 110 cm³/mol. The Kier molecular flexibility index (Phi) is 3.97. The van der Waals surface area contributed by atoms with Crippen molar-refractivity contribution in [3.05, 3.63) is 42.5 Å². The zero-order chi connectivity index (χ0) is 17.0. The molecule has 0 spiro atoms. The fourth-order valence-electron chi connectivity index (χ4n) is 4.72. The molecule has 1 heterocycles. The first kappa shape index (κ1) is 16.7. The third kappa shape index (κ3) is 2.30. The molecule has 0 amide bonds. The van der Waals surface area contributed by atoms with E-state index in [0.717, 1.165) is 11.1 Å². The summed E-state index contributed by atoms with van der Waals surface area (Å²) in [7, 11) is -3.01. The van der Waals surface area contributed by atoms with Crippen molar-refractivity contribution in [1.29, 1.82) is 0 Å². The summed E-state index contributed by atoms with van der Waals surface area (Å²) in [4.78, 5) is 0. The van der Waals surface area contributed by atoms with Gasteiger partial charge in [0, 0.05) is 0 Å². The Labute approximate surface area is 144 Å². The summed E-state index contributed by atoms with van der Waals surface area (Å²) in [5.41, 5.74) is 4.49. The van der Waals surface area contributed by atoms with E-state index in [1.807, 2.05) is 0 Å². The highest BCUT2D eigenvalue weighted by Crippen LogP contribution is 2.40. The van der Waals surface area contributed by atoms with E-state index in [9.17, 15) is 0 Å². The third-order valence-electron chi connectivity index (χ3n) is 5.82. The maximum Gasteiger partial charge on any atom is 0.124 e. The Morgan fingerprint density at radius 2 is 1.30 bits per heavy atom. The van der Waals surface area contributed by atoms with Crippen LogP contribution in [-0.4, -0.2) is 16.1 Å². The summed E-state index contributed by atoms with van der Waals surface area (Å²) < 4.78 is 0. The van der Waals surface area contributed by atoms with Gasteiger partial charge < -0.3 is 0 Å². The van der Waals surface area contributed by atoms with Crippen LogP contribution in [0.5, 0.6) is 0 Å². The van der Waals surface area contributed by atoms with Crippen LogP contribution in [-0.2, 0) is 0 Å². The summed E-state index contributed by atoms with van der Waals surface area (Å²) in [6, 6.07) is 16.7. The van der Waals surface area contributed by atoms with Crippen LogP contribution in [0.3, 0.4) is 0 Å². The molecule has 0 aromatic heterocycles. The average molecular weight is 339 g/mol. The van der Waals surface area contributed by atoms with Gasteiger partial charge in [0.15, 0.2) is 0 Å². The molecule has 23 heavy (non-hydrogen) atoms. The molecule has 0 unspecified atom stereocenters. The van der Waals surface area contributed by atoms with Gasteiger partial charge in [-0.1, -0.05) is 95.0 Å². The fraction of sp³-hybridized carbons (Fsp3) is 0.429. The highest BCUT2D eigenvalue weighted by atomic mass is 28.3. The first-order valence-electron chi connectivity index (χ1n) is 8.95. The van der Waals surface area contributed by atoms with Gasteiger partial charge in [0.25, 0.3) is 0 Å². The molecule has 0 saturated carbocycles. The molecule has 1 aliphatic heterocycles. The quantitative estimate of drug-likeness (QED) is 0.718. The van der Waals surface area contributed by atoms with Crippen molar-refractivity contribution in [2.75, 3.05) is 0 Å². The van der Waals surface area contributed by atoms with Gasteiger partial charge in [-0.3, -0.25) is 0 Å². The van der Waals surface area contributed by atoms with Crippen molar-refractivity contribution in [2.24, 2.45) is 0 Å². The van der Waals surface area contributed by atoms with Crippen LogP contribution in [0.1, 0.15) is 27.7 Å². The molecule has 0 atom stereocenters. The Balaban J connectivity index is 2.38. The van der Waals surface area contributed by atoms with E-state index in [2.05, 4.69) is 89.8 Å². The van der Waals surface area contributed by atoms with E-state index in [4.69, 9.17) is 0 Å². The zero-order valence-electron chi connectivity index (χ0n) is 15.7. The number of hydrogen-bond acceptors (Lipinski definition) is 0. The van der Waals surface area contributed by atoms with Crippen molar-refractivity contribution >= 4 is 31.7 Å². The van der Waals surface area contributed by atoms with Gasteiger partial charge in [-0.15, -0.1) is 0 Å². The maximum atomic E-state index is 2.62. The second kappa shape index (κ2) is 5.46. The summed E-state index contributed by atoms with van der Waals surface area (Å²) >= 11 is 0. The molecule has 0 saturated heterocycles. The number of hydrogen-bond donors (Lipinski definition) is 0. The lowest BCUT2D eigenvalue weighted by Gasteiger charge is -2.38. The van der Waals surface area contributed by atoms with Crippen LogP contribution < -0.4 is 15.6 Å². The third-order valence-corrected chi connectivity index (χ3v) is 14.1. The fourth-order valence-corrected chi connectivity index (χ4v) is 12.2. The molecular formula is C21H30Si2. The first-order valence-corrected chi connectivity index (χ1v) is 14.6. The SMILES string of the molecule is CC(C)[Si]1(C(C)C)c2ccccc2-c2ccc([Si](C)(C)C)cc21. The van der Waals surface area contributed by atoms with Crippen LogP contribution in [0.15, 0.2) is 42.5 Å². The largest absolute Gasteiger partial charge is 0.124 e. The number of rotatable bonds is 3. The lowest BCUT2D eigenvalue weighted by molar-refractivity contribution is 0.930. The van der Waals surface area contributed by atoms with Crippen molar-refractivity contribution in [2.45, 2.75) is 58.4 Å². The Morgan fingerprint density at radius 1 is 0.739 bits per heavy atom. The van der Waals surface area contributed by atoms with Gasteiger partial charge in [0.1, 0.15) is 8.07 Å². The number of benzene rings is 2. The van der Waals surface area contributed by atoms with E-state index in [0.29, 0.717) is 0 Å². The molecule has 0 nitrogen and oxygen atoms in total. The van der Waals surface area contributed by atoms with Crippen molar-refractivity contribution in [1.82, 2.24) is 0 Å². The van der Waals surface area contributed by atoms with Gasteiger partial charge >= 0.3 is 0 Å². The van der Waals surface area contributed by atoms with Crippen LogP contribution >= 0.6 is 0 Å². The van der Waals surface area contributed by atoms with Gasteiger partial charge in [-0.2, -0.15) is 0 Å². The predicted octanol–water partition coefficient (Wildman–Crippen LogP) is 4.60. The van der Waals surface area contributed by atoms with Crippen LogP contribution in [0.2, 0.25) is 30.7 Å². The van der Waals surface area contributed by atoms with Crippen molar-refractivity contribution in [3.8, 4) is 11.1 Å². The average Bonchev–Trinajstić information content (AvgIpc) is 2.77. The topological polar surface area (TPSA) is 0 Å². The molecule has 3 rings (SSSR count).